The van der Waals surface area contributed by atoms with Gasteiger partial charge in [-0.05, 0) is 188 Å². The molecule has 4 aliphatic carbocycles. The van der Waals surface area contributed by atoms with Gasteiger partial charge in [-0.1, -0.05) is 83.2 Å². The molecule has 0 spiro atoms. The fraction of sp³-hybridized carbons (Fsp3) is 0.286. The third-order valence-corrected chi connectivity index (χ3v) is 15.7. The number of ether oxygens (including phenoxy) is 2. The van der Waals surface area contributed by atoms with E-state index >= 15 is 0 Å². The van der Waals surface area contributed by atoms with E-state index in [-0.39, 0.29) is 46.0 Å². The predicted octanol–water partition coefficient (Wildman–Crippen LogP) is 8.37. The number of piperazine rings is 2. The van der Waals surface area contributed by atoms with Crippen molar-refractivity contribution < 1.29 is 53.2 Å². The van der Waals surface area contributed by atoms with Crippen molar-refractivity contribution in [2.75, 3.05) is 103 Å². The predicted molar refractivity (Wildman–Crippen MR) is 338 cm³/mol. The number of nitrogens with one attached hydrogen (secondary N) is 2. The minimum Gasteiger partial charge on any atom is -0.495 e. The summed E-state index contributed by atoms with van der Waals surface area (Å²) in [5, 5.41) is 23.0. The summed E-state index contributed by atoms with van der Waals surface area (Å²) in [4.78, 5) is 33.5. The first-order valence-electron chi connectivity index (χ1n) is 30.0. The molecule has 16 nitrogen and oxygen atoms in total. The van der Waals surface area contributed by atoms with E-state index in [1.165, 1.54) is 33.6 Å². The average molecular weight is 1260 g/mol. The molecule has 4 heterocycles. The van der Waals surface area contributed by atoms with Gasteiger partial charge in [-0.3, -0.25) is 19.4 Å². The Balaban J connectivity index is 0.000000172. The molecular formula is C70H78Fe2N12O4+4. The molecule has 12 rings (SSSR count). The van der Waals surface area contributed by atoms with E-state index in [1.54, 1.807) is 14.2 Å². The van der Waals surface area contributed by atoms with E-state index in [1.807, 2.05) is 149 Å². The smallest absolute Gasteiger partial charge is 0.495 e. The van der Waals surface area contributed by atoms with Crippen molar-refractivity contribution in [1.29, 1.82) is 0 Å². The van der Waals surface area contributed by atoms with Gasteiger partial charge in [0.1, 0.15) is 11.5 Å². The number of benzene rings is 4. The zero-order valence-electron chi connectivity index (χ0n) is 50.2. The Hall–Kier alpha value is -5.74. The van der Waals surface area contributed by atoms with Gasteiger partial charge in [-0.15, -0.1) is 10.2 Å². The van der Waals surface area contributed by atoms with Gasteiger partial charge in [0.2, 0.25) is 11.8 Å². The molecule has 6 aliphatic rings. The van der Waals surface area contributed by atoms with Gasteiger partial charge in [0.15, 0.2) is 0 Å². The number of carbonyl (C=O) groups excluding carboxylic acids is 2. The number of nitrogens with zero attached hydrogens (tertiary/aromatic N) is 10. The fourth-order valence-corrected chi connectivity index (χ4v) is 10.9. The normalized spacial score (nSPS) is 17.8. The van der Waals surface area contributed by atoms with Crippen molar-refractivity contribution in [2.45, 2.75) is 38.8 Å². The third-order valence-electron chi connectivity index (χ3n) is 15.7. The van der Waals surface area contributed by atoms with Crippen LogP contribution >= 0.6 is 0 Å². The van der Waals surface area contributed by atoms with Crippen molar-refractivity contribution in [3.8, 4) is 22.6 Å². The molecule has 2 aromatic heterocycles. The summed E-state index contributed by atoms with van der Waals surface area (Å²) >= 11 is 0. The van der Waals surface area contributed by atoms with Crippen LogP contribution in [0.2, 0.25) is 0 Å². The van der Waals surface area contributed by atoms with Gasteiger partial charge in [0.05, 0.1) is 61.9 Å². The molecule has 88 heavy (non-hydrogen) atoms. The third kappa shape index (κ3) is 20.1. The quantitative estimate of drug-likeness (QED) is 0.0469. The van der Waals surface area contributed by atoms with Crippen molar-refractivity contribution in [2.24, 2.45) is 0 Å². The molecule has 18 heteroatoms. The Morgan fingerprint density at radius 2 is 0.795 bits per heavy atom. The molecule has 4 saturated carbocycles. The van der Waals surface area contributed by atoms with E-state index in [4.69, 9.17) is 9.47 Å². The topological polar surface area (TPSA) is 151 Å². The van der Waals surface area contributed by atoms with E-state index in [0.29, 0.717) is 13.1 Å². The van der Waals surface area contributed by atoms with Crippen molar-refractivity contribution in [3.05, 3.63) is 258 Å². The monoisotopic (exact) mass is 1260 g/mol. The molecule has 454 valence electrons. The first kappa shape index (κ1) is 68.2. The van der Waals surface area contributed by atoms with Gasteiger partial charge in [-0.2, -0.15) is 0 Å². The summed E-state index contributed by atoms with van der Waals surface area (Å²) in [5.74, 6) is 5.63. The minimum atomic E-state index is 0. The summed E-state index contributed by atoms with van der Waals surface area (Å²) in [6, 6.07) is 33.7. The molecule has 2 N–H and O–H groups in total. The first-order valence-corrected chi connectivity index (χ1v) is 30.0. The maximum atomic E-state index is 11.9. The van der Waals surface area contributed by atoms with E-state index in [2.05, 4.69) is 124 Å². The van der Waals surface area contributed by atoms with Crippen molar-refractivity contribution >= 4 is 23.2 Å². The number of hydrogen-bond donors (Lipinski definition) is 2. The number of hydrogen-bond acceptors (Lipinski definition) is 12. The van der Waals surface area contributed by atoms with E-state index < -0.39 is 0 Å². The van der Waals surface area contributed by atoms with Gasteiger partial charge in [-0.25, -0.2) is 9.36 Å². The first-order chi connectivity index (χ1) is 42.3. The van der Waals surface area contributed by atoms with Crippen LogP contribution in [0.4, 0.5) is 11.4 Å². The number of methoxy groups -OCH3 is 2. The van der Waals surface area contributed by atoms with Crippen molar-refractivity contribution in [3.63, 3.8) is 0 Å². The summed E-state index contributed by atoms with van der Waals surface area (Å²) in [7, 11) is 3.46. The molecule has 4 aromatic carbocycles. The molecule has 0 bridgehead atoms. The number of amides is 2. The molecule has 2 amide bonds. The van der Waals surface area contributed by atoms with E-state index in [9.17, 15) is 9.59 Å². The Morgan fingerprint density at radius 1 is 0.443 bits per heavy atom. The second-order valence-corrected chi connectivity index (χ2v) is 21.6. The van der Waals surface area contributed by atoms with Crippen LogP contribution in [-0.2, 0) is 56.8 Å². The van der Waals surface area contributed by atoms with Crippen LogP contribution in [0.15, 0.2) is 109 Å². The summed E-state index contributed by atoms with van der Waals surface area (Å²) in [5.41, 5.74) is 8.91. The van der Waals surface area contributed by atoms with Crippen LogP contribution in [0.25, 0.3) is 11.1 Å². The summed E-state index contributed by atoms with van der Waals surface area (Å²) in [6.45, 7) is 13.4. The summed E-state index contributed by atoms with van der Waals surface area (Å²) in [6.07, 6.45) is 39.4. The molecule has 0 unspecified atom stereocenters. The molecule has 20 radical (unpaired) electrons. The standard InChI is InChI=1S/C28H22N6.2C21H28N3O2.2Fe/c1-2-6-25(5-1)27-19-33(31-29-27)17-21-9-13-23(14-10-21)24-15-11-22(12-16-24)18-34-20-28(30-32-34)26-7-3-4-8-26;2*1-26-20-11-5-4-10-19(20)24-16-14-23(15-17-24)13-7-6-12-22-21(25)18-8-2-3-9-18;;/h1-16,19-20H,17-18H2;2*2-5,8-11H,6-7,12-17H2,1H3,(H,22,25);;/q;;;2*+2. The minimum absolute atomic E-state index is 0. The number of para-hydroxylation sites is 4. The number of aromatic nitrogens is 6. The Labute approximate surface area is 545 Å². The van der Waals surface area contributed by atoms with Crippen LogP contribution in [0.5, 0.6) is 11.5 Å². The van der Waals surface area contributed by atoms with Crippen molar-refractivity contribution in [1.82, 2.24) is 50.4 Å². The molecular weight excluding hydrogens is 1180 g/mol. The fourth-order valence-electron chi connectivity index (χ4n) is 10.9. The molecule has 2 aliphatic heterocycles. The van der Waals surface area contributed by atoms with Gasteiger partial charge in [0.25, 0.3) is 0 Å². The Morgan fingerprint density at radius 3 is 1.16 bits per heavy atom. The molecule has 6 aromatic rings. The maximum Gasteiger partial charge on any atom is 2.00 e. The second-order valence-electron chi connectivity index (χ2n) is 21.6. The number of rotatable bonds is 23. The van der Waals surface area contributed by atoms with Crippen LogP contribution in [-0.4, -0.2) is 144 Å². The Kier molecular flexibility index (Phi) is 28.0. The zero-order chi connectivity index (χ0) is 59.1. The van der Waals surface area contributed by atoms with Gasteiger partial charge < -0.3 is 29.9 Å². The number of anilines is 2. The second kappa shape index (κ2) is 36.2. The largest absolute Gasteiger partial charge is 2.00 e. The van der Waals surface area contributed by atoms with Crippen LogP contribution in [0.1, 0.15) is 48.2 Å². The zero-order valence-corrected chi connectivity index (χ0v) is 52.4. The van der Waals surface area contributed by atoms with Crippen LogP contribution < -0.4 is 29.9 Å². The van der Waals surface area contributed by atoms with Gasteiger partial charge in [0, 0.05) is 89.7 Å². The van der Waals surface area contributed by atoms with Crippen LogP contribution in [0.3, 0.4) is 0 Å². The van der Waals surface area contributed by atoms with Gasteiger partial charge >= 0.3 is 34.1 Å². The molecule has 2 saturated heterocycles. The van der Waals surface area contributed by atoms with Crippen LogP contribution in [0, 0.1) is 126 Å². The Bertz CT molecular complexity index is 2760. The SMILES string of the molecule is COc1ccccc1N1CCN(CCCCNC(=O)[C]2[CH][CH][CH][CH]2)CC1.COc1ccccc1N1CCN(CCCCNC(=O)[C]2[CH][CH][CH][CH]2)CC1.[CH]1[CH][CH][C](c2cn(Cc3ccc(-c4ccc(Cn5cc([C]6[CH][CH][CH][CH]6)nn5)cc4)cc3)nn2)[CH]1.[Fe+2].[Fe+2]. The molecule has 6 fully saturated rings. The number of carbonyl (C=O) groups is 2. The average Bonchev–Trinajstić information content (AvgIpc) is 4.58. The number of unbranched alkanes of at least 4 members (excludes halogenated alkanes) is 2. The molecule has 0 atom stereocenters. The van der Waals surface area contributed by atoms with E-state index in [0.717, 1.165) is 151 Å². The maximum absolute atomic E-state index is 11.9. The summed E-state index contributed by atoms with van der Waals surface area (Å²) < 4.78 is 14.7.